The van der Waals surface area contributed by atoms with Gasteiger partial charge in [-0.05, 0) is 24.4 Å². The van der Waals surface area contributed by atoms with Crippen molar-refractivity contribution in [2.75, 3.05) is 0 Å². The molecule has 3 aromatic heterocycles. The van der Waals surface area contributed by atoms with Gasteiger partial charge in [-0.1, -0.05) is 5.21 Å². The van der Waals surface area contributed by atoms with E-state index in [-0.39, 0.29) is 11.9 Å². The van der Waals surface area contributed by atoms with Crippen molar-refractivity contribution in [3.8, 4) is 0 Å². The Morgan fingerprint density at radius 2 is 2.39 bits per heavy atom. The molecule has 0 aromatic carbocycles. The molecule has 3 heterocycles. The molecule has 3 rings (SSSR count). The van der Waals surface area contributed by atoms with Gasteiger partial charge in [0.25, 0.3) is 5.91 Å². The van der Waals surface area contributed by atoms with Crippen LogP contribution in [0.5, 0.6) is 0 Å². The first-order valence-electron chi connectivity index (χ1n) is 5.25. The average molecular weight is 279 g/mol. The molecule has 92 valence electrons. The smallest absolute Gasteiger partial charge is 0.262 e. The number of nitrogens with zero attached hydrogens (tertiary/aromatic N) is 3. The zero-order valence-electron chi connectivity index (χ0n) is 9.38. The first-order chi connectivity index (χ1) is 8.74. The molecule has 8 heteroatoms. The maximum atomic E-state index is 12.0. The number of fused-ring (bicyclic) bond motifs is 1. The molecule has 0 saturated heterocycles. The lowest BCUT2D eigenvalue weighted by molar-refractivity contribution is 0.0942. The minimum Gasteiger partial charge on any atom is -0.341 e. The number of carbonyl (C=O) groups is 1. The third kappa shape index (κ3) is 2.00. The molecule has 1 atom stereocenters. The van der Waals surface area contributed by atoms with Gasteiger partial charge in [0.1, 0.15) is 0 Å². The molecule has 0 bridgehead atoms. The molecule has 0 spiro atoms. The minimum atomic E-state index is -0.267. The summed E-state index contributed by atoms with van der Waals surface area (Å²) in [6.45, 7) is 1.82. The number of hydrogen-bond donors (Lipinski definition) is 2. The maximum absolute atomic E-state index is 12.0. The topological polar surface area (TPSA) is 83.6 Å². The summed E-state index contributed by atoms with van der Waals surface area (Å²) < 4.78 is 2.27. The molecular formula is C10H9N5OS2. The number of carbonyl (C=O) groups excluding carboxylic acids is 1. The van der Waals surface area contributed by atoms with Crippen molar-refractivity contribution in [3.05, 3.63) is 28.2 Å². The quantitative estimate of drug-likeness (QED) is 0.767. The van der Waals surface area contributed by atoms with Crippen LogP contribution in [-0.4, -0.2) is 26.5 Å². The van der Waals surface area contributed by atoms with E-state index >= 15 is 0 Å². The molecule has 0 aliphatic carbocycles. The normalized spacial score (nSPS) is 12.7. The Balaban J connectivity index is 1.77. The fourth-order valence-electron chi connectivity index (χ4n) is 1.56. The van der Waals surface area contributed by atoms with Gasteiger partial charge in [0, 0.05) is 9.40 Å². The molecule has 18 heavy (non-hydrogen) atoms. The molecule has 6 nitrogen and oxygen atoms in total. The molecule has 3 aromatic rings. The highest BCUT2D eigenvalue weighted by molar-refractivity contribution is 7.27. The Labute approximate surface area is 110 Å². The molecule has 0 aliphatic rings. The predicted octanol–water partition coefficient (Wildman–Crippen LogP) is 1.97. The molecule has 1 amide bonds. The number of aromatic nitrogens is 4. The fourth-order valence-corrected chi connectivity index (χ4v) is 3.57. The van der Waals surface area contributed by atoms with Gasteiger partial charge in [0.2, 0.25) is 0 Å². The van der Waals surface area contributed by atoms with Crippen LogP contribution in [0, 0.1) is 0 Å². The number of hydrogen-bond acceptors (Lipinski definition) is 6. The van der Waals surface area contributed by atoms with Crippen molar-refractivity contribution in [1.82, 2.24) is 25.9 Å². The Bertz CT molecular complexity index is 643. The second kappa shape index (κ2) is 4.46. The van der Waals surface area contributed by atoms with Gasteiger partial charge >= 0.3 is 0 Å². The van der Waals surface area contributed by atoms with Crippen molar-refractivity contribution in [2.24, 2.45) is 0 Å². The van der Waals surface area contributed by atoms with Gasteiger partial charge in [0.05, 0.1) is 10.9 Å². The number of rotatable bonds is 3. The predicted molar refractivity (Wildman–Crippen MR) is 69.8 cm³/mol. The highest BCUT2D eigenvalue weighted by Gasteiger charge is 2.16. The summed E-state index contributed by atoms with van der Waals surface area (Å²) in [5.41, 5.74) is 0. The summed E-state index contributed by atoms with van der Waals surface area (Å²) in [5.74, 6) is 0.363. The first-order valence-corrected chi connectivity index (χ1v) is 6.95. The highest BCUT2D eigenvalue weighted by atomic mass is 32.1. The maximum Gasteiger partial charge on any atom is 0.262 e. The van der Waals surface area contributed by atoms with Gasteiger partial charge in [-0.2, -0.15) is 5.21 Å². The fraction of sp³-hybridized carbons (Fsp3) is 0.200. The van der Waals surface area contributed by atoms with Crippen LogP contribution in [0.4, 0.5) is 0 Å². The van der Waals surface area contributed by atoms with Crippen molar-refractivity contribution in [3.63, 3.8) is 0 Å². The van der Waals surface area contributed by atoms with Gasteiger partial charge in [-0.25, -0.2) is 0 Å². The van der Waals surface area contributed by atoms with Gasteiger partial charge in [0.15, 0.2) is 5.82 Å². The van der Waals surface area contributed by atoms with Crippen LogP contribution < -0.4 is 5.32 Å². The second-order valence-electron chi connectivity index (χ2n) is 3.72. The summed E-state index contributed by atoms with van der Waals surface area (Å²) >= 11 is 3.12. The molecule has 1 unspecified atom stereocenters. The van der Waals surface area contributed by atoms with Crippen molar-refractivity contribution in [2.45, 2.75) is 13.0 Å². The Hall–Kier alpha value is -1.80. The molecular weight excluding hydrogens is 270 g/mol. The van der Waals surface area contributed by atoms with Crippen LogP contribution in [0.2, 0.25) is 0 Å². The van der Waals surface area contributed by atoms with E-state index in [1.165, 1.54) is 11.3 Å². The van der Waals surface area contributed by atoms with Crippen molar-refractivity contribution in [1.29, 1.82) is 0 Å². The number of nitrogens with one attached hydrogen (secondary N) is 2. The van der Waals surface area contributed by atoms with E-state index in [0.29, 0.717) is 10.7 Å². The summed E-state index contributed by atoms with van der Waals surface area (Å²) in [4.78, 5) is 12.7. The monoisotopic (exact) mass is 279 g/mol. The van der Waals surface area contributed by atoms with Crippen LogP contribution in [0.1, 0.15) is 28.5 Å². The van der Waals surface area contributed by atoms with Crippen LogP contribution in [0.3, 0.4) is 0 Å². The first kappa shape index (κ1) is 11.3. The Morgan fingerprint density at radius 1 is 1.50 bits per heavy atom. The summed E-state index contributed by atoms with van der Waals surface area (Å²) in [6, 6.07) is 3.66. The lowest BCUT2D eigenvalue weighted by Gasteiger charge is -2.08. The van der Waals surface area contributed by atoms with Crippen LogP contribution in [0.25, 0.3) is 9.40 Å². The van der Waals surface area contributed by atoms with E-state index in [9.17, 15) is 4.79 Å². The summed E-state index contributed by atoms with van der Waals surface area (Å²) in [5, 5.41) is 18.4. The van der Waals surface area contributed by atoms with Gasteiger partial charge < -0.3 is 5.32 Å². The van der Waals surface area contributed by atoms with Crippen molar-refractivity contribution < 1.29 is 4.79 Å². The minimum absolute atomic E-state index is 0.110. The van der Waals surface area contributed by atoms with E-state index in [0.717, 1.165) is 9.40 Å². The number of tetrazole rings is 1. The number of aromatic amines is 1. The summed E-state index contributed by atoms with van der Waals surface area (Å²) in [6.07, 6.45) is 0. The zero-order valence-corrected chi connectivity index (χ0v) is 11.0. The Kier molecular flexibility index (Phi) is 2.80. The van der Waals surface area contributed by atoms with Crippen LogP contribution in [0.15, 0.2) is 17.5 Å². The lowest BCUT2D eigenvalue weighted by atomic mass is 10.3. The third-order valence-corrected chi connectivity index (χ3v) is 4.55. The molecule has 2 N–H and O–H groups in total. The van der Waals surface area contributed by atoms with Crippen LogP contribution in [-0.2, 0) is 0 Å². The third-order valence-electron chi connectivity index (χ3n) is 2.46. The van der Waals surface area contributed by atoms with Gasteiger partial charge in [-0.15, -0.1) is 32.9 Å². The largest absolute Gasteiger partial charge is 0.341 e. The second-order valence-corrected chi connectivity index (χ2v) is 5.76. The molecule has 0 aliphatic heterocycles. The highest BCUT2D eigenvalue weighted by Crippen LogP contribution is 2.30. The van der Waals surface area contributed by atoms with Crippen molar-refractivity contribution >= 4 is 38.0 Å². The molecule has 0 saturated carbocycles. The number of amides is 1. The van der Waals surface area contributed by atoms with E-state index in [2.05, 4.69) is 25.9 Å². The number of thiophene rings is 2. The molecule has 0 radical (unpaired) electrons. The standard InChI is InChI=1S/C10H9N5OS2/c1-5(9-12-14-15-13-9)11-10(16)8-4-7-6(18-8)2-3-17-7/h2-5H,1H3,(H,11,16)(H,12,13,14,15). The zero-order chi connectivity index (χ0) is 12.5. The SMILES string of the molecule is CC(NC(=O)c1cc2sccc2s1)c1nn[nH]n1. The van der Waals surface area contributed by atoms with E-state index in [1.807, 2.05) is 24.4 Å². The molecule has 0 fully saturated rings. The van der Waals surface area contributed by atoms with E-state index in [4.69, 9.17) is 0 Å². The average Bonchev–Trinajstić information content (AvgIpc) is 3.05. The van der Waals surface area contributed by atoms with E-state index in [1.54, 1.807) is 11.3 Å². The van der Waals surface area contributed by atoms with Crippen LogP contribution >= 0.6 is 22.7 Å². The Morgan fingerprint density at radius 3 is 3.11 bits per heavy atom. The summed E-state index contributed by atoms with van der Waals surface area (Å²) in [7, 11) is 0. The number of H-pyrrole nitrogens is 1. The lowest BCUT2D eigenvalue weighted by Crippen LogP contribution is -2.26. The van der Waals surface area contributed by atoms with E-state index < -0.39 is 0 Å². The van der Waals surface area contributed by atoms with Gasteiger partial charge in [-0.3, -0.25) is 4.79 Å².